The van der Waals surface area contributed by atoms with Crippen LogP contribution in [0.25, 0.3) is 0 Å². The van der Waals surface area contributed by atoms with E-state index in [1.54, 1.807) is 11.3 Å². The summed E-state index contributed by atoms with van der Waals surface area (Å²) in [5, 5.41) is 11.8. The summed E-state index contributed by atoms with van der Waals surface area (Å²) in [7, 11) is 0. The largest absolute Gasteiger partial charge is 0.348 e. The van der Waals surface area contributed by atoms with E-state index < -0.39 is 0 Å². The summed E-state index contributed by atoms with van der Waals surface area (Å²) < 4.78 is 0. The molecule has 3 nitrogen and oxygen atoms in total. The molecule has 0 radical (unpaired) electrons. The van der Waals surface area contributed by atoms with Gasteiger partial charge in [0.2, 0.25) is 0 Å². The van der Waals surface area contributed by atoms with Gasteiger partial charge in [-0.1, -0.05) is 0 Å². The Hall–Kier alpha value is -1.08. The van der Waals surface area contributed by atoms with Gasteiger partial charge in [0.15, 0.2) is 5.13 Å². The Morgan fingerprint density at radius 3 is 2.85 bits per heavy atom. The lowest BCUT2D eigenvalue weighted by atomic mass is 9.99. The minimum atomic E-state index is 0.260. The summed E-state index contributed by atoms with van der Waals surface area (Å²) in [6.07, 6.45) is 3.79. The van der Waals surface area contributed by atoms with Gasteiger partial charge in [0, 0.05) is 30.6 Å². The second-order valence-electron chi connectivity index (χ2n) is 3.21. The number of aromatic nitrogens is 1. The van der Waals surface area contributed by atoms with Crippen LogP contribution in [0.5, 0.6) is 0 Å². The molecule has 1 aliphatic rings. The molecular weight excluding hydrogens is 182 g/mol. The standard InChI is InChI=1S/C9H11N3S/c10-7-8-1-4-12(5-2-8)9-11-3-6-13-9/h3,6,8H,1-2,4-5H2. The second-order valence-corrected chi connectivity index (χ2v) is 4.08. The average molecular weight is 193 g/mol. The fourth-order valence-corrected chi connectivity index (χ4v) is 2.27. The first-order valence-corrected chi connectivity index (χ1v) is 5.32. The van der Waals surface area contributed by atoms with Crippen LogP contribution >= 0.6 is 11.3 Å². The number of hydrogen-bond acceptors (Lipinski definition) is 4. The summed E-state index contributed by atoms with van der Waals surface area (Å²) in [5.41, 5.74) is 0. The second kappa shape index (κ2) is 3.75. The van der Waals surface area contributed by atoms with E-state index in [-0.39, 0.29) is 5.92 Å². The van der Waals surface area contributed by atoms with Crippen molar-refractivity contribution in [3.8, 4) is 6.07 Å². The zero-order chi connectivity index (χ0) is 9.10. The van der Waals surface area contributed by atoms with Gasteiger partial charge in [0.05, 0.1) is 6.07 Å². The maximum absolute atomic E-state index is 8.73. The number of rotatable bonds is 1. The molecule has 0 bridgehead atoms. The van der Waals surface area contributed by atoms with Crippen molar-refractivity contribution in [2.24, 2.45) is 5.92 Å². The highest BCUT2D eigenvalue weighted by atomic mass is 32.1. The van der Waals surface area contributed by atoms with Crippen LogP contribution in [0.4, 0.5) is 5.13 Å². The first kappa shape index (κ1) is 8.52. The fourth-order valence-electron chi connectivity index (χ4n) is 1.57. The molecular formula is C9H11N3S. The molecule has 0 N–H and O–H groups in total. The molecule has 1 aliphatic heterocycles. The minimum absolute atomic E-state index is 0.260. The van der Waals surface area contributed by atoms with Gasteiger partial charge in [0.25, 0.3) is 0 Å². The van der Waals surface area contributed by atoms with Crippen LogP contribution in [0.1, 0.15) is 12.8 Å². The number of thiazole rings is 1. The van der Waals surface area contributed by atoms with Crippen LogP contribution in [0, 0.1) is 17.2 Å². The molecule has 0 aliphatic carbocycles. The van der Waals surface area contributed by atoms with Crippen LogP contribution in [0.3, 0.4) is 0 Å². The Bertz CT molecular complexity index is 293. The molecule has 1 fully saturated rings. The third kappa shape index (κ3) is 1.81. The zero-order valence-corrected chi connectivity index (χ0v) is 8.13. The van der Waals surface area contributed by atoms with Crippen LogP contribution < -0.4 is 4.90 Å². The van der Waals surface area contributed by atoms with E-state index >= 15 is 0 Å². The lowest BCUT2D eigenvalue weighted by Gasteiger charge is -2.28. The smallest absolute Gasteiger partial charge is 0.185 e. The van der Waals surface area contributed by atoms with E-state index in [1.807, 2.05) is 11.6 Å². The maximum Gasteiger partial charge on any atom is 0.185 e. The quantitative estimate of drug-likeness (QED) is 0.683. The third-order valence-corrected chi connectivity index (χ3v) is 3.20. The van der Waals surface area contributed by atoms with Crippen molar-refractivity contribution in [3.05, 3.63) is 11.6 Å². The van der Waals surface area contributed by atoms with Crippen molar-refractivity contribution in [1.82, 2.24) is 4.98 Å². The first-order chi connectivity index (χ1) is 6.40. The molecule has 1 aromatic heterocycles. The molecule has 0 amide bonds. The van der Waals surface area contributed by atoms with Crippen molar-refractivity contribution in [2.75, 3.05) is 18.0 Å². The summed E-state index contributed by atoms with van der Waals surface area (Å²) in [4.78, 5) is 6.51. The molecule has 0 saturated carbocycles. The minimum Gasteiger partial charge on any atom is -0.348 e. The monoisotopic (exact) mass is 193 g/mol. The molecule has 2 rings (SSSR count). The lowest BCUT2D eigenvalue weighted by Crippen LogP contribution is -2.32. The van der Waals surface area contributed by atoms with Gasteiger partial charge in [-0.3, -0.25) is 0 Å². The van der Waals surface area contributed by atoms with Crippen molar-refractivity contribution < 1.29 is 0 Å². The van der Waals surface area contributed by atoms with E-state index in [4.69, 9.17) is 5.26 Å². The molecule has 2 heterocycles. The Morgan fingerprint density at radius 2 is 2.31 bits per heavy atom. The number of nitriles is 1. The predicted molar refractivity (Wildman–Crippen MR) is 52.7 cm³/mol. The number of hydrogen-bond donors (Lipinski definition) is 0. The molecule has 13 heavy (non-hydrogen) atoms. The molecule has 1 aromatic rings. The van der Waals surface area contributed by atoms with Gasteiger partial charge in [0.1, 0.15) is 0 Å². The van der Waals surface area contributed by atoms with Crippen LogP contribution in [-0.4, -0.2) is 18.1 Å². The zero-order valence-electron chi connectivity index (χ0n) is 7.31. The SMILES string of the molecule is N#CC1CCN(c2nccs2)CC1. The van der Waals surface area contributed by atoms with Gasteiger partial charge >= 0.3 is 0 Å². The Morgan fingerprint density at radius 1 is 1.54 bits per heavy atom. The van der Waals surface area contributed by atoms with E-state index in [0.29, 0.717) is 0 Å². The van der Waals surface area contributed by atoms with Crippen LogP contribution in [0.2, 0.25) is 0 Å². The molecule has 0 spiro atoms. The highest BCUT2D eigenvalue weighted by Crippen LogP contribution is 2.24. The first-order valence-electron chi connectivity index (χ1n) is 4.44. The van der Waals surface area contributed by atoms with Gasteiger partial charge in [-0.2, -0.15) is 5.26 Å². The molecule has 0 atom stereocenters. The van der Waals surface area contributed by atoms with Crippen molar-refractivity contribution in [2.45, 2.75) is 12.8 Å². The highest BCUT2D eigenvalue weighted by molar-refractivity contribution is 7.13. The van der Waals surface area contributed by atoms with Crippen molar-refractivity contribution in [3.63, 3.8) is 0 Å². The van der Waals surface area contributed by atoms with Gasteiger partial charge < -0.3 is 4.90 Å². The third-order valence-electron chi connectivity index (χ3n) is 2.37. The number of nitrogens with zero attached hydrogens (tertiary/aromatic N) is 3. The maximum atomic E-state index is 8.73. The highest BCUT2D eigenvalue weighted by Gasteiger charge is 2.19. The molecule has 0 aromatic carbocycles. The van der Waals surface area contributed by atoms with E-state index in [2.05, 4.69) is 16.0 Å². The predicted octanol–water partition coefficient (Wildman–Crippen LogP) is 1.88. The van der Waals surface area contributed by atoms with E-state index in [9.17, 15) is 0 Å². The lowest BCUT2D eigenvalue weighted by molar-refractivity contribution is 0.487. The van der Waals surface area contributed by atoms with E-state index in [1.165, 1.54) is 0 Å². The van der Waals surface area contributed by atoms with Gasteiger partial charge in [-0.25, -0.2) is 4.98 Å². The topological polar surface area (TPSA) is 39.9 Å². The summed E-state index contributed by atoms with van der Waals surface area (Å²) in [6.45, 7) is 1.96. The van der Waals surface area contributed by atoms with Gasteiger partial charge in [-0.15, -0.1) is 11.3 Å². The molecule has 68 valence electrons. The Balaban J connectivity index is 1.96. The summed E-state index contributed by atoms with van der Waals surface area (Å²) in [6, 6.07) is 2.33. The van der Waals surface area contributed by atoms with Gasteiger partial charge in [-0.05, 0) is 12.8 Å². The summed E-state index contributed by atoms with van der Waals surface area (Å²) in [5.74, 6) is 0.260. The average Bonchev–Trinajstić information content (AvgIpc) is 2.71. The van der Waals surface area contributed by atoms with Crippen LogP contribution in [-0.2, 0) is 0 Å². The Kier molecular flexibility index (Phi) is 2.46. The van der Waals surface area contributed by atoms with Crippen molar-refractivity contribution in [1.29, 1.82) is 5.26 Å². The van der Waals surface area contributed by atoms with Crippen molar-refractivity contribution >= 4 is 16.5 Å². The van der Waals surface area contributed by atoms with Crippen LogP contribution in [0.15, 0.2) is 11.6 Å². The molecule has 4 heteroatoms. The fraction of sp³-hybridized carbons (Fsp3) is 0.556. The molecule has 0 unspecified atom stereocenters. The number of piperidine rings is 1. The Labute approximate surface area is 81.6 Å². The summed E-state index contributed by atoms with van der Waals surface area (Å²) >= 11 is 1.67. The molecule has 1 saturated heterocycles. The number of anilines is 1. The van der Waals surface area contributed by atoms with E-state index in [0.717, 1.165) is 31.1 Å². The normalized spacial score (nSPS) is 18.5.